The van der Waals surface area contributed by atoms with Crippen LogP contribution < -0.4 is 10.6 Å². The fraction of sp³-hybridized carbons (Fsp3) is 0.333. The molecule has 0 bridgehead atoms. The lowest BCUT2D eigenvalue weighted by Crippen LogP contribution is -2.27. The van der Waals surface area contributed by atoms with Gasteiger partial charge >= 0.3 is 0 Å². The van der Waals surface area contributed by atoms with Crippen LogP contribution in [0.3, 0.4) is 0 Å². The minimum absolute atomic E-state index is 0.133. The van der Waals surface area contributed by atoms with Crippen molar-refractivity contribution in [2.75, 3.05) is 32.5 Å². The van der Waals surface area contributed by atoms with Gasteiger partial charge in [-0.05, 0) is 57.7 Å². The highest BCUT2D eigenvalue weighted by atomic mass is 16.1. The number of carbonyl (C=O) groups is 1. The summed E-state index contributed by atoms with van der Waals surface area (Å²) in [4.78, 5) is 18.3. The summed E-state index contributed by atoms with van der Waals surface area (Å²) in [6.07, 6.45) is 2.60. The molecule has 0 saturated heterocycles. The van der Waals surface area contributed by atoms with Crippen molar-refractivity contribution in [3.8, 4) is 0 Å². The van der Waals surface area contributed by atoms with Crippen LogP contribution in [0.15, 0.2) is 42.6 Å². The van der Waals surface area contributed by atoms with Crippen LogP contribution in [-0.2, 0) is 0 Å². The molecule has 0 saturated carbocycles. The number of pyridine rings is 1. The first-order chi connectivity index (χ1) is 11.1. The van der Waals surface area contributed by atoms with E-state index in [1.165, 1.54) is 0 Å². The van der Waals surface area contributed by atoms with Gasteiger partial charge in [0, 0.05) is 12.2 Å². The van der Waals surface area contributed by atoms with Gasteiger partial charge in [-0.2, -0.15) is 0 Å². The largest absolute Gasteiger partial charge is 0.354 e. The van der Waals surface area contributed by atoms with Crippen LogP contribution in [0.5, 0.6) is 0 Å². The Bertz CT molecular complexity index is 638. The number of rotatable bonds is 7. The molecule has 1 amide bonds. The van der Waals surface area contributed by atoms with Crippen LogP contribution in [0.25, 0.3) is 0 Å². The van der Waals surface area contributed by atoms with Crippen LogP contribution in [0.2, 0.25) is 0 Å². The van der Waals surface area contributed by atoms with Crippen molar-refractivity contribution in [3.05, 3.63) is 53.9 Å². The molecule has 1 aromatic heterocycles. The van der Waals surface area contributed by atoms with Crippen LogP contribution in [0, 0.1) is 6.92 Å². The van der Waals surface area contributed by atoms with Crippen LogP contribution in [-0.4, -0.2) is 43.0 Å². The maximum absolute atomic E-state index is 12.0. The lowest BCUT2D eigenvalue weighted by molar-refractivity contribution is 0.0947. The second-order valence-corrected chi connectivity index (χ2v) is 5.78. The Labute approximate surface area is 137 Å². The number of anilines is 2. The molecule has 2 rings (SSSR count). The first-order valence-electron chi connectivity index (χ1n) is 7.78. The van der Waals surface area contributed by atoms with Crippen molar-refractivity contribution in [1.29, 1.82) is 0 Å². The molecule has 122 valence electrons. The van der Waals surface area contributed by atoms with Gasteiger partial charge in [0.1, 0.15) is 5.69 Å². The highest BCUT2D eigenvalue weighted by molar-refractivity contribution is 5.92. The summed E-state index contributed by atoms with van der Waals surface area (Å²) in [5.74, 6) is -0.133. The number of hydrogen-bond donors (Lipinski definition) is 2. The number of amides is 1. The molecule has 0 aliphatic heterocycles. The molecule has 0 atom stereocenters. The summed E-state index contributed by atoms with van der Waals surface area (Å²) in [5, 5.41) is 6.19. The Hall–Kier alpha value is -2.40. The molecule has 0 radical (unpaired) electrons. The minimum Gasteiger partial charge on any atom is -0.354 e. The minimum atomic E-state index is -0.133. The van der Waals surface area contributed by atoms with E-state index >= 15 is 0 Å². The molecule has 5 nitrogen and oxygen atoms in total. The quantitative estimate of drug-likeness (QED) is 0.772. The molecule has 2 aromatic rings. The van der Waals surface area contributed by atoms with Gasteiger partial charge in [0.15, 0.2) is 0 Å². The van der Waals surface area contributed by atoms with Crippen molar-refractivity contribution in [3.63, 3.8) is 0 Å². The van der Waals surface area contributed by atoms with Gasteiger partial charge < -0.3 is 15.5 Å². The molecular formula is C18H24N4O. The van der Waals surface area contributed by atoms with Gasteiger partial charge in [-0.25, -0.2) is 4.98 Å². The summed E-state index contributed by atoms with van der Waals surface area (Å²) in [5.41, 5.74) is 3.50. The van der Waals surface area contributed by atoms with Crippen molar-refractivity contribution in [2.45, 2.75) is 13.3 Å². The molecular weight excluding hydrogens is 288 g/mol. The number of benzene rings is 1. The third kappa shape index (κ3) is 5.38. The van der Waals surface area contributed by atoms with E-state index in [0.29, 0.717) is 12.2 Å². The SMILES string of the molecule is Cc1ccccc1Nc1ccc(C(=O)NCCCN(C)C)nc1. The number of nitrogens with zero attached hydrogens (tertiary/aromatic N) is 2. The Morgan fingerprint density at radius 2 is 1.96 bits per heavy atom. The topological polar surface area (TPSA) is 57.3 Å². The van der Waals surface area contributed by atoms with E-state index in [9.17, 15) is 4.79 Å². The molecule has 23 heavy (non-hydrogen) atoms. The Balaban J connectivity index is 1.89. The van der Waals surface area contributed by atoms with Gasteiger partial charge in [-0.1, -0.05) is 18.2 Å². The lowest BCUT2D eigenvalue weighted by atomic mass is 10.2. The molecule has 0 aliphatic rings. The van der Waals surface area contributed by atoms with Gasteiger partial charge in [0.05, 0.1) is 11.9 Å². The predicted molar refractivity (Wildman–Crippen MR) is 94.2 cm³/mol. The maximum Gasteiger partial charge on any atom is 0.269 e. The van der Waals surface area contributed by atoms with Gasteiger partial charge in [-0.3, -0.25) is 4.79 Å². The third-order valence-corrected chi connectivity index (χ3v) is 3.49. The summed E-state index contributed by atoms with van der Waals surface area (Å²) in [6, 6.07) is 11.7. The number of para-hydroxylation sites is 1. The van der Waals surface area contributed by atoms with E-state index in [1.807, 2.05) is 51.4 Å². The fourth-order valence-electron chi connectivity index (χ4n) is 2.16. The fourth-order valence-corrected chi connectivity index (χ4v) is 2.16. The second kappa shape index (κ2) is 8.29. The zero-order valence-electron chi connectivity index (χ0n) is 14.0. The molecule has 1 aromatic carbocycles. The van der Waals surface area contributed by atoms with E-state index < -0.39 is 0 Å². The average molecular weight is 312 g/mol. The summed E-state index contributed by atoms with van der Waals surface area (Å²) in [6.45, 7) is 3.65. The second-order valence-electron chi connectivity index (χ2n) is 5.78. The average Bonchev–Trinajstić information content (AvgIpc) is 2.54. The van der Waals surface area contributed by atoms with Crippen molar-refractivity contribution in [1.82, 2.24) is 15.2 Å². The third-order valence-electron chi connectivity index (χ3n) is 3.49. The molecule has 0 spiro atoms. The standard InChI is InChI=1S/C18H24N4O/c1-14-7-4-5-8-16(14)21-15-9-10-17(20-13-15)18(23)19-11-6-12-22(2)3/h4-5,7-10,13,21H,6,11-12H2,1-3H3,(H,19,23). The Kier molecular flexibility index (Phi) is 6.11. The van der Waals surface area contributed by atoms with E-state index in [4.69, 9.17) is 0 Å². The molecule has 2 N–H and O–H groups in total. The molecule has 0 aliphatic carbocycles. The maximum atomic E-state index is 12.0. The molecule has 5 heteroatoms. The van der Waals surface area contributed by atoms with E-state index in [0.717, 1.165) is 29.9 Å². The number of aryl methyl sites for hydroxylation is 1. The summed E-state index contributed by atoms with van der Waals surface area (Å²) in [7, 11) is 4.03. The highest BCUT2D eigenvalue weighted by Gasteiger charge is 2.06. The molecule has 0 unspecified atom stereocenters. The summed E-state index contributed by atoms with van der Waals surface area (Å²) < 4.78 is 0. The van der Waals surface area contributed by atoms with Crippen molar-refractivity contribution >= 4 is 17.3 Å². The van der Waals surface area contributed by atoms with Gasteiger partial charge in [0.2, 0.25) is 0 Å². The first kappa shape index (κ1) is 17.0. The van der Waals surface area contributed by atoms with Gasteiger partial charge in [-0.15, -0.1) is 0 Å². The van der Waals surface area contributed by atoms with E-state index in [-0.39, 0.29) is 5.91 Å². The van der Waals surface area contributed by atoms with Gasteiger partial charge in [0.25, 0.3) is 5.91 Å². The first-order valence-corrected chi connectivity index (χ1v) is 7.78. The van der Waals surface area contributed by atoms with Crippen molar-refractivity contribution < 1.29 is 4.79 Å². The normalized spacial score (nSPS) is 10.6. The molecule has 0 fully saturated rings. The zero-order valence-corrected chi connectivity index (χ0v) is 14.0. The zero-order chi connectivity index (χ0) is 16.7. The highest BCUT2D eigenvalue weighted by Crippen LogP contribution is 2.19. The molecule has 1 heterocycles. The number of carbonyl (C=O) groups excluding carboxylic acids is 1. The smallest absolute Gasteiger partial charge is 0.269 e. The van der Waals surface area contributed by atoms with Crippen LogP contribution >= 0.6 is 0 Å². The van der Waals surface area contributed by atoms with Crippen LogP contribution in [0.1, 0.15) is 22.5 Å². The summed E-state index contributed by atoms with van der Waals surface area (Å²) >= 11 is 0. The Morgan fingerprint density at radius 1 is 1.17 bits per heavy atom. The predicted octanol–water partition coefficient (Wildman–Crippen LogP) is 2.82. The monoisotopic (exact) mass is 312 g/mol. The lowest BCUT2D eigenvalue weighted by Gasteiger charge is -2.11. The van der Waals surface area contributed by atoms with Crippen molar-refractivity contribution in [2.24, 2.45) is 0 Å². The van der Waals surface area contributed by atoms with E-state index in [2.05, 4.69) is 20.5 Å². The number of aromatic nitrogens is 1. The van der Waals surface area contributed by atoms with E-state index in [1.54, 1.807) is 12.3 Å². The van der Waals surface area contributed by atoms with Crippen LogP contribution in [0.4, 0.5) is 11.4 Å². The Morgan fingerprint density at radius 3 is 2.61 bits per heavy atom. The number of hydrogen-bond acceptors (Lipinski definition) is 4. The number of nitrogens with one attached hydrogen (secondary N) is 2.